The molecule has 0 radical (unpaired) electrons. The summed E-state index contributed by atoms with van der Waals surface area (Å²) in [6.07, 6.45) is 0. The molecule has 8 nitrogen and oxygen atoms in total. The maximum absolute atomic E-state index is 7.01. The fourth-order valence-electron chi connectivity index (χ4n) is 17.2. The lowest BCUT2D eigenvalue weighted by molar-refractivity contribution is -0.173. The first-order valence-electron chi connectivity index (χ1n) is 35.2. The van der Waals surface area contributed by atoms with E-state index in [-0.39, 0.29) is 54.8 Å². The zero-order chi connectivity index (χ0) is 67.6. The van der Waals surface area contributed by atoms with Crippen molar-refractivity contribution in [2.75, 3.05) is 52.9 Å². The molecule has 1 N–H and O–H groups in total. The van der Waals surface area contributed by atoms with Crippen molar-refractivity contribution < 1.29 is 37.2 Å². The third kappa shape index (κ3) is 10.8. The molecule has 4 saturated heterocycles. The highest BCUT2D eigenvalue weighted by Gasteiger charge is 2.62. The van der Waals surface area contributed by atoms with Crippen LogP contribution in [0.25, 0.3) is 44.5 Å². The molecule has 16 rings (SSSR count). The van der Waals surface area contributed by atoms with Gasteiger partial charge < -0.3 is 37.2 Å². The zero-order valence-electron chi connectivity index (χ0n) is 61.0. The highest BCUT2D eigenvalue weighted by molar-refractivity contribution is 6.54. The molecule has 516 valence electrons. The highest BCUT2D eigenvalue weighted by atomic mass is 16.9. The van der Waals surface area contributed by atoms with E-state index < -0.39 is 35.6 Å². The lowest BCUT2D eigenvalue weighted by atomic mass is 9.74. The molecule has 1 atom stereocenters. The maximum Gasteiger partial charge on any atom is 0.730 e. The van der Waals surface area contributed by atoms with Crippen LogP contribution in [0.1, 0.15) is 228 Å². The summed E-state index contributed by atoms with van der Waals surface area (Å²) < 4.78 is 54.1. The molecule has 99 heavy (non-hydrogen) atoms. The van der Waals surface area contributed by atoms with Crippen LogP contribution in [-0.2, 0) is 86.7 Å². The van der Waals surface area contributed by atoms with Gasteiger partial charge in [0, 0.05) is 64.8 Å². The second kappa shape index (κ2) is 23.0. The summed E-state index contributed by atoms with van der Waals surface area (Å²) in [5, 5.41) is 0. The SMILES string of the molecule is C.C.CC(C)(C)c1ccc2c(c1)-c1cc(C#Cc3ccc4c(c3)-c3cc(C(C)(C)C)ccc3[C@@]43CO[B-]4(OCC5(CO4)c4ccc(C(C)(C)C)cc4-c4cc(C(C)(C)C)ccc45)[OH+]C3)ccc1C21CO[B-]2(OC1)OCC1(CO2)c2ccc(C(C)(C)C)cc2-c2cc(C(C)(C)C)ccc21.[CH3+]. The van der Waals surface area contributed by atoms with Crippen LogP contribution in [0.3, 0.4) is 0 Å². The Bertz CT molecular complexity index is 4210. The monoisotopic (exact) mass is 1320 g/mol. The molecule has 0 amide bonds. The number of benzene rings is 8. The van der Waals surface area contributed by atoms with Gasteiger partial charge in [0.05, 0.1) is 16.2 Å². The molecule has 0 saturated carbocycles. The van der Waals surface area contributed by atoms with Crippen LogP contribution in [0, 0.1) is 19.3 Å². The Morgan fingerprint density at radius 1 is 0.283 bits per heavy atom. The fraction of sp³-hybridized carbons (Fsp3) is 0.427. The van der Waals surface area contributed by atoms with Crippen molar-refractivity contribution in [1.82, 2.24) is 0 Å². The summed E-state index contributed by atoms with van der Waals surface area (Å²) in [7, 11) is 0. The van der Waals surface area contributed by atoms with Crippen molar-refractivity contribution >= 4 is 13.9 Å². The van der Waals surface area contributed by atoms with Crippen molar-refractivity contribution in [2.45, 2.75) is 194 Å². The molecule has 8 aromatic carbocycles. The average Bonchev–Trinajstić information content (AvgIpc) is 1.57. The molecule has 4 aliphatic heterocycles. The van der Waals surface area contributed by atoms with Gasteiger partial charge in [-0.15, -0.1) is 0 Å². The van der Waals surface area contributed by atoms with E-state index >= 15 is 0 Å². The maximum atomic E-state index is 7.01. The first-order chi connectivity index (χ1) is 45.1. The van der Waals surface area contributed by atoms with Gasteiger partial charge in [0.2, 0.25) is 0 Å². The third-order valence-corrected chi connectivity index (χ3v) is 23.3. The van der Waals surface area contributed by atoms with Crippen LogP contribution >= 0.6 is 0 Å². The molecule has 4 heterocycles. The summed E-state index contributed by atoms with van der Waals surface area (Å²) in [6, 6.07) is 55.4. The summed E-state index contributed by atoms with van der Waals surface area (Å²) in [5.41, 5.74) is 26.9. The van der Waals surface area contributed by atoms with Crippen LogP contribution < -0.4 is 0 Å². The van der Waals surface area contributed by atoms with Crippen LogP contribution in [0.15, 0.2) is 146 Å². The fourth-order valence-corrected chi connectivity index (χ4v) is 17.2. The Hall–Kier alpha value is -7.00. The molecule has 8 aliphatic rings. The number of hydrogen-bond acceptors (Lipinski definition) is 7. The molecule has 0 unspecified atom stereocenters. The molecule has 8 aromatic rings. The second-order valence-corrected chi connectivity index (χ2v) is 35.9. The van der Waals surface area contributed by atoms with E-state index in [9.17, 15) is 0 Å². The van der Waals surface area contributed by atoms with E-state index in [0.717, 1.165) is 27.8 Å². The first-order valence-corrected chi connectivity index (χ1v) is 35.2. The van der Waals surface area contributed by atoms with Gasteiger partial charge in [-0.2, -0.15) is 0 Å². The predicted octanol–water partition coefficient (Wildman–Crippen LogP) is 19.6. The molecule has 4 fully saturated rings. The van der Waals surface area contributed by atoms with E-state index in [1.807, 2.05) is 0 Å². The topological polar surface area (TPSA) is 77.4 Å². The molecular formula is C89H106B2O8. The zero-order valence-corrected chi connectivity index (χ0v) is 61.0. The lowest BCUT2D eigenvalue weighted by Crippen LogP contribution is -2.66. The number of hydrogen-bond donors (Lipinski definition) is 0. The largest absolute Gasteiger partial charge is 0.730 e. The van der Waals surface area contributed by atoms with Crippen LogP contribution in [0.4, 0.5) is 0 Å². The summed E-state index contributed by atoms with van der Waals surface area (Å²) in [5.74, 6) is 7.30. The van der Waals surface area contributed by atoms with Crippen LogP contribution in [0.5, 0.6) is 0 Å². The van der Waals surface area contributed by atoms with Gasteiger partial charge in [-0.05, 0) is 179 Å². The minimum atomic E-state index is -2.51. The first kappa shape index (κ1) is 70.4. The van der Waals surface area contributed by atoms with Gasteiger partial charge in [0.15, 0.2) is 0 Å². The second-order valence-electron chi connectivity index (χ2n) is 35.9. The molecule has 0 bridgehead atoms. The highest BCUT2D eigenvalue weighted by Crippen LogP contribution is 2.59. The average molecular weight is 1330 g/mol. The Morgan fingerprint density at radius 3 is 0.707 bits per heavy atom. The van der Waals surface area contributed by atoms with Gasteiger partial charge >= 0.3 is 13.9 Å². The van der Waals surface area contributed by atoms with E-state index in [2.05, 4.69) is 282 Å². The molecule has 6 spiro atoms. The van der Waals surface area contributed by atoms with Crippen molar-refractivity contribution in [1.29, 1.82) is 0 Å². The standard InChI is InChI=1S/C86H95B2O8.2CH4.CH3/c1-77(2,3)55-23-31-71-63(39-55)61-37-53(21-29-69(61)83(71)45-89-87(90-46-83)93-49-85(50-94-87)73-33-25-57(79(7,8)9)41-65(73)66-42-58(80(10,11)12)26-34-74(66)85)19-20-54-22-30-70-62(38-54)64-40-56(78(4,5)6)24-32-72(64)84(70)47-91-88(92-48-84)95-51-86(52-96-88)75-35-27-59(81(13,14)15)43-67(75)68-44-60(82(16,17)18)28-36-76(68)86;;;/h21-44,89H,45-52H2,1-18H3;2*1H4;1H3/q-1;;;+1/t83-;;;/m0.../s1. The van der Waals surface area contributed by atoms with Crippen LogP contribution in [0.2, 0.25) is 0 Å². The minimum absolute atomic E-state index is 0. The Morgan fingerprint density at radius 2 is 0.485 bits per heavy atom. The van der Waals surface area contributed by atoms with Crippen molar-refractivity contribution in [3.8, 4) is 56.3 Å². The van der Waals surface area contributed by atoms with Crippen molar-refractivity contribution in [3.05, 3.63) is 242 Å². The molecule has 10 heteroatoms. The van der Waals surface area contributed by atoms with Crippen LogP contribution in [-0.4, -0.2) is 71.4 Å². The van der Waals surface area contributed by atoms with Gasteiger partial charge in [0.25, 0.3) is 0 Å². The number of rotatable bonds is 0. The summed E-state index contributed by atoms with van der Waals surface area (Å²) in [6.45, 7) is 39.3. The van der Waals surface area contributed by atoms with Crippen molar-refractivity contribution in [3.63, 3.8) is 0 Å². The molecular weight excluding hydrogens is 1220 g/mol. The normalized spacial score (nSPS) is 20.5. The van der Waals surface area contributed by atoms with E-state index in [1.54, 1.807) is 0 Å². The molecule has 4 aliphatic carbocycles. The van der Waals surface area contributed by atoms with Gasteiger partial charge in [-0.1, -0.05) is 273 Å². The Kier molecular flexibility index (Phi) is 16.4. The van der Waals surface area contributed by atoms with Gasteiger partial charge in [0.1, 0.15) is 12.0 Å². The van der Waals surface area contributed by atoms with E-state index in [4.69, 9.17) is 37.2 Å². The van der Waals surface area contributed by atoms with Crippen molar-refractivity contribution in [2.24, 2.45) is 0 Å². The lowest BCUT2D eigenvalue weighted by Gasteiger charge is -2.56. The number of fused-ring (bicyclic) bond motifs is 20. The summed E-state index contributed by atoms with van der Waals surface area (Å²) in [4.78, 5) is 0. The van der Waals surface area contributed by atoms with E-state index in [1.165, 1.54) is 106 Å². The quantitative estimate of drug-likeness (QED) is 0.0648. The minimum Gasteiger partial charge on any atom is -0.604 e. The summed E-state index contributed by atoms with van der Waals surface area (Å²) >= 11 is 0. The Balaban J connectivity index is 0.00000293. The van der Waals surface area contributed by atoms with Gasteiger partial charge in [-0.25, -0.2) is 0 Å². The predicted molar refractivity (Wildman–Crippen MR) is 409 cm³/mol. The van der Waals surface area contributed by atoms with Gasteiger partial charge in [-0.3, -0.25) is 0 Å². The molecule has 0 aromatic heterocycles. The number of aliphatic hydroxyl groups is 1. The third-order valence-electron chi connectivity index (χ3n) is 23.3. The smallest absolute Gasteiger partial charge is 0.604 e. The van der Waals surface area contributed by atoms with E-state index in [0.29, 0.717) is 52.9 Å². The Labute approximate surface area is 592 Å².